The lowest BCUT2D eigenvalue weighted by atomic mass is 9.97. The molecule has 1 amide bonds. The Bertz CT molecular complexity index is 1570. The van der Waals surface area contributed by atoms with Crippen LogP contribution >= 0.6 is 15.9 Å². The largest absolute Gasteiger partial charge is 0.462 e. The summed E-state index contributed by atoms with van der Waals surface area (Å²) in [6.07, 6.45) is 1.73. The van der Waals surface area contributed by atoms with Crippen LogP contribution in [0.2, 0.25) is 0 Å². The van der Waals surface area contributed by atoms with Gasteiger partial charge in [-0.15, -0.1) is 0 Å². The predicted octanol–water partition coefficient (Wildman–Crippen LogP) is 6.88. The van der Waals surface area contributed by atoms with Crippen LogP contribution in [0.4, 0.5) is 5.69 Å². The number of nitrogens with zero attached hydrogens (tertiary/aromatic N) is 1. The van der Waals surface area contributed by atoms with Gasteiger partial charge in [-0.3, -0.25) is 14.5 Å². The highest BCUT2D eigenvalue weighted by Crippen LogP contribution is 2.41. The molecule has 7 heteroatoms. The fourth-order valence-electron chi connectivity index (χ4n) is 4.61. The summed E-state index contributed by atoms with van der Waals surface area (Å²) in [5.74, 6) is -0.774. The van der Waals surface area contributed by atoms with E-state index in [9.17, 15) is 14.4 Å². The molecule has 6 nitrogen and oxygen atoms in total. The van der Waals surface area contributed by atoms with E-state index in [1.165, 1.54) is 0 Å². The van der Waals surface area contributed by atoms with Gasteiger partial charge in [0.2, 0.25) is 5.76 Å². The third-order valence-corrected chi connectivity index (χ3v) is 7.31. The van der Waals surface area contributed by atoms with Gasteiger partial charge < -0.3 is 9.15 Å². The number of carbonyl (C=O) groups excluding carboxylic acids is 2. The van der Waals surface area contributed by atoms with Crippen molar-refractivity contribution >= 4 is 44.5 Å². The van der Waals surface area contributed by atoms with Crippen LogP contribution in [0.15, 0.2) is 74.3 Å². The lowest BCUT2D eigenvalue weighted by molar-refractivity contribution is 0.0499. The minimum atomic E-state index is -0.680. The zero-order valence-electron chi connectivity index (χ0n) is 20.8. The normalized spacial score (nSPS) is 14.8. The first-order chi connectivity index (χ1) is 17.8. The Hall–Kier alpha value is -3.71. The zero-order chi connectivity index (χ0) is 26.3. The number of aryl methyl sites for hydroxylation is 2. The van der Waals surface area contributed by atoms with Gasteiger partial charge in [0, 0.05) is 10.2 Å². The van der Waals surface area contributed by atoms with Crippen LogP contribution in [-0.4, -0.2) is 18.5 Å². The Morgan fingerprint density at radius 1 is 1.00 bits per heavy atom. The summed E-state index contributed by atoms with van der Waals surface area (Å²) in [6, 6.07) is 17.1. The molecule has 3 aromatic carbocycles. The van der Waals surface area contributed by atoms with Gasteiger partial charge in [-0.05, 0) is 85.5 Å². The third kappa shape index (κ3) is 4.48. The first-order valence-electron chi connectivity index (χ1n) is 12.2. The van der Waals surface area contributed by atoms with Crippen LogP contribution in [0.5, 0.6) is 0 Å². The average Bonchev–Trinajstić information content (AvgIpc) is 3.18. The van der Waals surface area contributed by atoms with Crippen molar-refractivity contribution in [3.63, 3.8) is 0 Å². The molecule has 0 spiro atoms. The number of rotatable bonds is 6. The quantitative estimate of drug-likeness (QED) is 0.190. The van der Waals surface area contributed by atoms with E-state index in [0.717, 1.165) is 34.0 Å². The summed E-state index contributed by atoms with van der Waals surface area (Å²) < 4.78 is 12.3. The number of unbranched alkanes of at least 4 members (excludes halogenated alkanes) is 1. The second-order valence-corrected chi connectivity index (χ2v) is 10.2. The van der Waals surface area contributed by atoms with Gasteiger partial charge in [0.1, 0.15) is 5.58 Å². The van der Waals surface area contributed by atoms with Crippen molar-refractivity contribution < 1.29 is 18.7 Å². The maximum atomic E-state index is 13.8. The summed E-state index contributed by atoms with van der Waals surface area (Å²) in [5.41, 5.74) is 4.15. The van der Waals surface area contributed by atoms with E-state index in [-0.39, 0.29) is 11.2 Å². The Morgan fingerprint density at radius 2 is 1.68 bits per heavy atom. The number of esters is 1. The summed E-state index contributed by atoms with van der Waals surface area (Å²) in [4.78, 5) is 41.5. The molecule has 4 aromatic rings. The number of hydrogen-bond donors (Lipinski definition) is 0. The van der Waals surface area contributed by atoms with Crippen LogP contribution < -0.4 is 10.3 Å². The molecule has 37 heavy (non-hydrogen) atoms. The molecular weight excluding hydrogens is 534 g/mol. The lowest BCUT2D eigenvalue weighted by Crippen LogP contribution is -2.29. The van der Waals surface area contributed by atoms with Crippen LogP contribution in [0.1, 0.15) is 69.0 Å². The number of carbonyl (C=O) groups is 2. The fourth-order valence-corrected chi connectivity index (χ4v) is 4.87. The van der Waals surface area contributed by atoms with Gasteiger partial charge in [0.25, 0.3) is 5.91 Å². The number of halogens is 1. The van der Waals surface area contributed by atoms with Gasteiger partial charge in [-0.2, -0.15) is 0 Å². The second-order valence-electron chi connectivity index (χ2n) is 9.27. The van der Waals surface area contributed by atoms with Crippen molar-refractivity contribution in [2.75, 3.05) is 11.5 Å². The van der Waals surface area contributed by atoms with Gasteiger partial charge in [-0.25, -0.2) is 4.79 Å². The Balaban J connectivity index is 1.63. The van der Waals surface area contributed by atoms with Crippen molar-refractivity contribution in [1.29, 1.82) is 0 Å². The summed E-state index contributed by atoms with van der Waals surface area (Å²) >= 11 is 3.46. The molecule has 0 saturated heterocycles. The molecule has 1 atom stereocenters. The van der Waals surface area contributed by atoms with E-state index in [2.05, 4.69) is 15.9 Å². The molecule has 1 aliphatic heterocycles. The van der Waals surface area contributed by atoms with Crippen molar-refractivity contribution in [2.45, 2.75) is 39.7 Å². The van der Waals surface area contributed by atoms with Gasteiger partial charge in [0.15, 0.2) is 5.43 Å². The van der Waals surface area contributed by atoms with Crippen molar-refractivity contribution in [1.82, 2.24) is 0 Å². The molecule has 1 aromatic heterocycles. The lowest BCUT2D eigenvalue weighted by Gasteiger charge is -2.25. The van der Waals surface area contributed by atoms with E-state index in [1.807, 2.05) is 51.1 Å². The monoisotopic (exact) mass is 559 g/mol. The van der Waals surface area contributed by atoms with E-state index in [0.29, 0.717) is 34.4 Å². The molecule has 0 N–H and O–H groups in total. The molecule has 1 aliphatic rings. The van der Waals surface area contributed by atoms with Crippen molar-refractivity contribution in [3.8, 4) is 0 Å². The van der Waals surface area contributed by atoms with Crippen LogP contribution in [-0.2, 0) is 4.74 Å². The first kappa shape index (κ1) is 25.0. The number of amides is 1. The van der Waals surface area contributed by atoms with Crippen molar-refractivity contribution in [3.05, 3.63) is 109 Å². The molecular formula is C30H26BrNO5. The highest BCUT2D eigenvalue weighted by molar-refractivity contribution is 9.10. The smallest absolute Gasteiger partial charge is 0.338 e. The van der Waals surface area contributed by atoms with Gasteiger partial charge >= 0.3 is 5.97 Å². The number of hydrogen-bond acceptors (Lipinski definition) is 5. The Labute approximate surface area is 223 Å². The minimum absolute atomic E-state index is 0.0386. The van der Waals surface area contributed by atoms with E-state index in [4.69, 9.17) is 9.15 Å². The maximum absolute atomic E-state index is 13.8. The summed E-state index contributed by atoms with van der Waals surface area (Å²) in [6.45, 7) is 6.28. The van der Waals surface area contributed by atoms with Crippen LogP contribution in [0, 0.1) is 13.8 Å². The summed E-state index contributed by atoms with van der Waals surface area (Å²) in [5, 5.41) is 0.448. The highest BCUT2D eigenvalue weighted by atomic mass is 79.9. The number of ether oxygens (including phenoxy) is 1. The minimum Gasteiger partial charge on any atom is -0.462 e. The number of anilines is 1. The third-order valence-electron chi connectivity index (χ3n) is 6.78. The molecule has 188 valence electrons. The molecule has 0 saturated carbocycles. The van der Waals surface area contributed by atoms with E-state index < -0.39 is 17.9 Å². The van der Waals surface area contributed by atoms with Crippen molar-refractivity contribution in [2.24, 2.45) is 0 Å². The Morgan fingerprint density at radius 3 is 2.35 bits per heavy atom. The molecule has 5 rings (SSSR count). The predicted molar refractivity (Wildman–Crippen MR) is 146 cm³/mol. The molecule has 2 heterocycles. The maximum Gasteiger partial charge on any atom is 0.338 e. The standard InChI is InChI=1S/C30H26BrNO5/c1-4-5-14-36-30(35)20-8-12-22(13-9-20)32-26(19-6-10-21(31)11-7-19)25-27(33)23-15-17(2)18(3)16-24(23)37-28(25)29(32)34/h6-13,15-16,26H,4-5,14H2,1-3H3. The molecule has 0 radical (unpaired) electrons. The fraction of sp³-hybridized carbons (Fsp3) is 0.233. The summed E-state index contributed by atoms with van der Waals surface area (Å²) in [7, 11) is 0. The zero-order valence-corrected chi connectivity index (χ0v) is 22.4. The topological polar surface area (TPSA) is 76.8 Å². The first-order valence-corrected chi connectivity index (χ1v) is 13.0. The Kier molecular flexibility index (Phi) is 6.73. The highest BCUT2D eigenvalue weighted by Gasteiger charge is 2.43. The molecule has 0 fully saturated rings. The molecule has 1 unspecified atom stereocenters. The number of benzene rings is 3. The van der Waals surface area contributed by atoms with Crippen LogP contribution in [0.3, 0.4) is 0 Å². The van der Waals surface area contributed by atoms with E-state index >= 15 is 0 Å². The average molecular weight is 560 g/mol. The SMILES string of the molecule is CCCCOC(=O)c1ccc(N2C(=O)c3oc4cc(C)c(C)cc4c(=O)c3C2c2ccc(Br)cc2)cc1. The molecule has 0 aliphatic carbocycles. The van der Waals surface area contributed by atoms with Gasteiger partial charge in [0.05, 0.1) is 29.2 Å². The van der Waals surface area contributed by atoms with E-state index in [1.54, 1.807) is 35.2 Å². The molecule has 0 bridgehead atoms. The number of fused-ring (bicyclic) bond motifs is 2. The van der Waals surface area contributed by atoms with Crippen LogP contribution in [0.25, 0.3) is 11.0 Å². The van der Waals surface area contributed by atoms with Gasteiger partial charge in [-0.1, -0.05) is 41.4 Å². The second kappa shape index (κ2) is 9.98.